The molecule has 0 bridgehead atoms. The summed E-state index contributed by atoms with van der Waals surface area (Å²) in [6.07, 6.45) is 0.965. The number of aromatic nitrogens is 1. The lowest BCUT2D eigenvalue weighted by Gasteiger charge is -2.14. The van der Waals surface area contributed by atoms with Crippen LogP contribution in [0.3, 0.4) is 0 Å². The Morgan fingerprint density at radius 3 is 2.60 bits per heavy atom. The molecule has 0 aliphatic rings. The molecule has 35 heavy (non-hydrogen) atoms. The van der Waals surface area contributed by atoms with E-state index in [2.05, 4.69) is 15.6 Å². The Balaban J connectivity index is 1.38. The van der Waals surface area contributed by atoms with Crippen LogP contribution in [0.25, 0.3) is 10.2 Å². The molecule has 3 aromatic carbocycles. The van der Waals surface area contributed by atoms with E-state index >= 15 is 0 Å². The second-order valence-electron chi connectivity index (χ2n) is 7.82. The molecular weight excluding hydrogens is 478 g/mol. The van der Waals surface area contributed by atoms with E-state index in [1.165, 1.54) is 23.1 Å². The first-order chi connectivity index (χ1) is 17.0. The van der Waals surface area contributed by atoms with Crippen LogP contribution in [0.1, 0.15) is 25.8 Å². The summed E-state index contributed by atoms with van der Waals surface area (Å²) in [6.45, 7) is 4.52. The Bertz CT molecular complexity index is 1310. The number of ether oxygens (including phenoxy) is 1. The van der Waals surface area contributed by atoms with Gasteiger partial charge in [-0.2, -0.15) is 0 Å². The van der Waals surface area contributed by atoms with Crippen molar-refractivity contribution in [1.29, 1.82) is 0 Å². The third kappa shape index (κ3) is 6.83. The van der Waals surface area contributed by atoms with Gasteiger partial charge in [0.05, 0.1) is 28.5 Å². The Morgan fingerprint density at radius 1 is 1.00 bits per heavy atom. The topological polar surface area (TPSA) is 80.3 Å². The number of nitrogens with one attached hydrogen (secondary N) is 2. The van der Waals surface area contributed by atoms with Crippen molar-refractivity contribution >= 4 is 55.9 Å². The molecule has 0 fully saturated rings. The maximum absolute atomic E-state index is 13.0. The van der Waals surface area contributed by atoms with Crippen molar-refractivity contribution in [3.05, 3.63) is 78.4 Å². The lowest BCUT2D eigenvalue weighted by atomic mass is 10.1. The zero-order valence-corrected chi connectivity index (χ0v) is 21.2. The molecule has 0 saturated carbocycles. The summed E-state index contributed by atoms with van der Waals surface area (Å²) in [5.74, 6) is 0.617. The molecule has 0 aliphatic heterocycles. The van der Waals surface area contributed by atoms with Gasteiger partial charge in [-0.1, -0.05) is 54.7 Å². The SMILES string of the molecule is CCOc1ccc2nc(NC(=O)C(CC)Sc3cccc(NC(=O)Cc4ccccc4)c3)sc2c1. The summed E-state index contributed by atoms with van der Waals surface area (Å²) in [6, 6.07) is 22.9. The quantitative estimate of drug-likeness (QED) is 0.244. The molecule has 0 spiro atoms. The molecule has 0 aliphatic carbocycles. The van der Waals surface area contributed by atoms with Gasteiger partial charge in [0.2, 0.25) is 11.8 Å². The van der Waals surface area contributed by atoms with E-state index in [0.29, 0.717) is 30.3 Å². The maximum Gasteiger partial charge on any atom is 0.239 e. The monoisotopic (exact) mass is 505 g/mol. The highest BCUT2D eigenvalue weighted by Crippen LogP contribution is 2.32. The standard InChI is InChI=1S/C27H27N3O3S2/c1-3-23(26(32)30-27-29-22-14-13-20(33-4-2)17-24(22)35-27)34-21-12-8-11-19(16-21)28-25(31)15-18-9-6-5-7-10-18/h5-14,16-17,23H,3-4,15H2,1-2H3,(H,28,31)(H,29,30,32). The van der Waals surface area contributed by atoms with Gasteiger partial charge < -0.3 is 15.4 Å². The fourth-order valence-corrected chi connectivity index (χ4v) is 5.43. The number of rotatable bonds is 10. The zero-order chi connectivity index (χ0) is 24.6. The van der Waals surface area contributed by atoms with Crippen molar-refractivity contribution in [2.75, 3.05) is 17.2 Å². The van der Waals surface area contributed by atoms with Crippen LogP contribution in [0.15, 0.2) is 77.7 Å². The summed E-state index contributed by atoms with van der Waals surface area (Å²) in [4.78, 5) is 30.9. The molecule has 0 radical (unpaired) electrons. The number of thiazole rings is 1. The van der Waals surface area contributed by atoms with Gasteiger partial charge in [0.1, 0.15) is 5.75 Å². The van der Waals surface area contributed by atoms with Crippen LogP contribution in [-0.2, 0) is 16.0 Å². The van der Waals surface area contributed by atoms with E-state index in [1.807, 2.05) is 86.6 Å². The molecule has 6 nitrogen and oxygen atoms in total. The number of anilines is 2. The van der Waals surface area contributed by atoms with Crippen LogP contribution in [0, 0.1) is 0 Å². The summed E-state index contributed by atoms with van der Waals surface area (Å²) >= 11 is 2.90. The van der Waals surface area contributed by atoms with Gasteiger partial charge >= 0.3 is 0 Å². The van der Waals surface area contributed by atoms with E-state index in [4.69, 9.17) is 4.74 Å². The van der Waals surface area contributed by atoms with Crippen LogP contribution in [0.5, 0.6) is 5.75 Å². The third-order valence-corrected chi connectivity index (χ3v) is 7.46. The van der Waals surface area contributed by atoms with E-state index < -0.39 is 0 Å². The van der Waals surface area contributed by atoms with Crippen LogP contribution in [-0.4, -0.2) is 28.7 Å². The number of thioether (sulfide) groups is 1. The van der Waals surface area contributed by atoms with E-state index in [1.54, 1.807) is 0 Å². The maximum atomic E-state index is 13.0. The minimum absolute atomic E-state index is 0.0773. The van der Waals surface area contributed by atoms with Gasteiger partial charge in [0.15, 0.2) is 5.13 Å². The number of fused-ring (bicyclic) bond motifs is 1. The minimum Gasteiger partial charge on any atom is -0.494 e. The zero-order valence-electron chi connectivity index (χ0n) is 19.6. The number of carbonyl (C=O) groups excluding carboxylic acids is 2. The second kappa shape index (κ2) is 11.9. The molecule has 1 unspecified atom stereocenters. The molecular formula is C27H27N3O3S2. The Hall–Kier alpha value is -3.36. The highest BCUT2D eigenvalue weighted by molar-refractivity contribution is 8.00. The predicted octanol–water partition coefficient (Wildman–Crippen LogP) is 6.39. The summed E-state index contributed by atoms with van der Waals surface area (Å²) < 4.78 is 6.52. The molecule has 1 atom stereocenters. The molecule has 0 saturated heterocycles. The first kappa shape index (κ1) is 24.8. The number of benzene rings is 3. The summed E-state index contributed by atoms with van der Waals surface area (Å²) in [5.41, 5.74) is 2.50. The lowest BCUT2D eigenvalue weighted by molar-refractivity contribution is -0.116. The predicted molar refractivity (Wildman–Crippen MR) is 145 cm³/mol. The van der Waals surface area contributed by atoms with E-state index in [0.717, 1.165) is 26.4 Å². The first-order valence-corrected chi connectivity index (χ1v) is 13.2. The normalized spacial score (nSPS) is 11.7. The number of carbonyl (C=O) groups is 2. The van der Waals surface area contributed by atoms with Crippen molar-refractivity contribution < 1.29 is 14.3 Å². The number of amides is 2. The third-order valence-electron chi connectivity index (χ3n) is 5.17. The van der Waals surface area contributed by atoms with Crippen molar-refractivity contribution in [3.8, 4) is 5.75 Å². The molecule has 4 rings (SSSR count). The average molecular weight is 506 g/mol. The van der Waals surface area contributed by atoms with Gasteiger partial charge in [-0.25, -0.2) is 4.98 Å². The Morgan fingerprint density at radius 2 is 1.83 bits per heavy atom. The molecule has 1 heterocycles. The van der Waals surface area contributed by atoms with Gasteiger partial charge in [-0.3, -0.25) is 9.59 Å². The van der Waals surface area contributed by atoms with Gasteiger partial charge in [0.25, 0.3) is 0 Å². The van der Waals surface area contributed by atoms with Crippen LogP contribution < -0.4 is 15.4 Å². The highest BCUT2D eigenvalue weighted by Gasteiger charge is 2.20. The van der Waals surface area contributed by atoms with E-state index in [9.17, 15) is 9.59 Å². The average Bonchev–Trinajstić information content (AvgIpc) is 3.25. The molecule has 8 heteroatoms. The number of hydrogen-bond donors (Lipinski definition) is 2. The van der Waals surface area contributed by atoms with Crippen molar-refractivity contribution in [2.24, 2.45) is 0 Å². The van der Waals surface area contributed by atoms with Gasteiger partial charge in [-0.15, -0.1) is 11.8 Å². The second-order valence-corrected chi connectivity index (χ2v) is 10.1. The Labute approximate surface area is 213 Å². The lowest BCUT2D eigenvalue weighted by Crippen LogP contribution is -2.24. The first-order valence-electron chi connectivity index (χ1n) is 11.5. The molecule has 2 amide bonds. The van der Waals surface area contributed by atoms with Crippen LogP contribution in [0.2, 0.25) is 0 Å². The fraction of sp³-hybridized carbons (Fsp3) is 0.222. The van der Waals surface area contributed by atoms with Crippen LogP contribution >= 0.6 is 23.1 Å². The smallest absolute Gasteiger partial charge is 0.239 e. The molecule has 1 aromatic heterocycles. The van der Waals surface area contributed by atoms with Crippen molar-refractivity contribution in [3.63, 3.8) is 0 Å². The van der Waals surface area contributed by atoms with Gasteiger partial charge in [-0.05, 0) is 55.3 Å². The van der Waals surface area contributed by atoms with E-state index in [-0.39, 0.29) is 17.1 Å². The molecule has 2 N–H and O–H groups in total. The minimum atomic E-state index is -0.295. The molecule has 180 valence electrons. The Kier molecular flexibility index (Phi) is 8.39. The summed E-state index contributed by atoms with van der Waals surface area (Å²) in [5, 5.41) is 6.19. The number of nitrogens with zero attached hydrogens (tertiary/aromatic N) is 1. The highest BCUT2D eigenvalue weighted by atomic mass is 32.2. The van der Waals surface area contributed by atoms with Crippen molar-refractivity contribution in [1.82, 2.24) is 4.98 Å². The largest absolute Gasteiger partial charge is 0.494 e. The van der Waals surface area contributed by atoms with Gasteiger partial charge in [0, 0.05) is 10.6 Å². The fourth-order valence-electron chi connectivity index (χ4n) is 3.52. The van der Waals surface area contributed by atoms with Crippen molar-refractivity contribution in [2.45, 2.75) is 36.8 Å². The van der Waals surface area contributed by atoms with Crippen LogP contribution in [0.4, 0.5) is 10.8 Å². The number of hydrogen-bond acceptors (Lipinski definition) is 6. The molecule has 4 aromatic rings. The summed E-state index contributed by atoms with van der Waals surface area (Å²) in [7, 11) is 0.